The van der Waals surface area contributed by atoms with Gasteiger partial charge in [0.05, 0.1) is 5.69 Å². The molecule has 0 aliphatic carbocycles. The monoisotopic (exact) mass is 240 g/mol. The quantitative estimate of drug-likeness (QED) is 0.832. The first kappa shape index (κ1) is 9.03. The van der Waals surface area contributed by atoms with Gasteiger partial charge in [0.15, 0.2) is 0 Å². The molecule has 1 aliphatic heterocycles. The van der Waals surface area contributed by atoms with Gasteiger partial charge in [0.1, 0.15) is 0 Å². The third-order valence-electron chi connectivity index (χ3n) is 2.43. The summed E-state index contributed by atoms with van der Waals surface area (Å²) < 4.78 is 1.16. The number of fused-ring (bicyclic) bond motifs is 1. The molecule has 1 heterocycles. The SMILES string of the molecule is NCCC1Cc2cccc(Br)c2N1. The van der Waals surface area contributed by atoms with Gasteiger partial charge in [0.2, 0.25) is 0 Å². The normalized spacial score (nSPS) is 19.7. The molecule has 0 aromatic heterocycles. The Bertz CT molecular complexity index is 312. The molecule has 2 nitrogen and oxygen atoms in total. The van der Waals surface area contributed by atoms with E-state index >= 15 is 0 Å². The van der Waals surface area contributed by atoms with Crippen LogP contribution in [-0.2, 0) is 6.42 Å². The highest BCUT2D eigenvalue weighted by Gasteiger charge is 2.20. The molecule has 1 aromatic rings. The standard InChI is InChI=1S/C10H13BrN2/c11-9-3-1-2-7-6-8(4-5-12)13-10(7)9/h1-3,8,13H,4-6,12H2. The molecule has 3 heteroatoms. The highest BCUT2D eigenvalue weighted by molar-refractivity contribution is 9.10. The highest BCUT2D eigenvalue weighted by Crippen LogP contribution is 2.33. The Hall–Kier alpha value is -0.540. The Morgan fingerprint density at radius 3 is 3.08 bits per heavy atom. The second-order valence-corrected chi connectivity index (χ2v) is 4.25. The Balaban J connectivity index is 2.20. The van der Waals surface area contributed by atoms with E-state index in [1.165, 1.54) is 11.3 Å². The zero-order chi connectivity index (χ0) is 9.26. The Kier molecular flexibility index (Phi) is 2.56. The van der Waals surface area contributed by atoms with E-state index in [4.69, 9.17) is 5.73 Å². The van der Waals surface area contributed by atoms with Crippen LogP contribution in [-0.4, -0.2) is 12.6 Å². The van der Waals surface area contributed by atoms with Crippen LogP contribution in [0.2, 0.25) is 0 Å². The van der Waals surface area contributed by atoms with Crippen molar-refractivity contribution in [1.29, 1.82) is 0 Å². The molecule has 0 saturated heterocycles. The van der Waals surface area contributed by atoms with Gasteiger partial charge in [-0.25, -0.2) is 0 Å². The molecule has 13 heavy (non-hydrogen) atoms. The highest BCUT2D eigenvalue weighted by atomic mass is 79.9. The van der Waals surface area contributed by atoms with Gasteiger partial charge < -0.3 is 11.1 Å². The predicted octanol–water partition coefficient (Wildman–Crippen LogP) is 2.13. The maximum absolute atomic E-state index is 5.53. The van der Waals surface area contributed by atoms with Crippen molar-refractivity contribution in [3.63, 3.8) is 0 Å². The Morgan fingerprint density at radius 2 is 2.38 bits per heavy atom. The molecule has 1 unspecified atom stereocenters. The van der Waals surface area contributed by atoms with Crippen molar-refractivity contribution >= 4 is 21.6 Å². The second kappa shape index (κ2) is 3.68. The molecule has 0 amide bonds. The summed E-state index contributed by atoms with van der Waals surface area (Å²) in [7, 11) is 0. The molecule has 0 fully saturated rings. The third kappa shape index (κ3) is 1.71. The molecule has 1 aromatic carbocycles. The lowest BCUT2D eigenvalue weighted by Crippen LogP contribution is -2.19. The van der Waals surface area contributed by atoms with Gasteiger partial charge in [-0.05, 0) is 46.9 Å². The minimum absolute atomic E-state index is 0.527. The fourth-order valence-corrected chi connectivity index (χ4v) is 2.32. The van der Waals surface area contributed by atoms with Gasteiger partial charge in [-0.15, -0.1) is 0 Å². The van der Waals surface area contributed by atoms with Gasteiger partial charge in [-0.2, -0.15) is 0 Å². The molecule has 1 aliphatic rings. The first-order chi connectivity index (χ1) is 6.31. The lowest BCUT2D eigenvalue weighted by molar-refractivity contribution is 0.684. The van der Waals surface area contributed by atoms with Crippen LogP contribution in [0.5, 0.6) is 0 Å². The minimum Gasteiger partial charge on any atom is -0.381 e. The summed E-state index contributed by atoms with van der Waals surface area (Å²) >= 11 is 3.53. The average Bonchev–Trinajstić information content (AvgIpc) is 2.49. The van der Waals surface area contributed by atoms with Crippen LogP contribution >= 0.6 is 15.9 Å². The van der Waals surface area contributed by atoms with E-state index in [1.54, 1.807) is 0 Å². The molecule has 3 N–H and O–H groups in total. The zero-order valence-corrected chi connectivity index (χ0v) is 8.97. The molecule has 0 saturated carbocycles. The van der Waals surface area contributed by atoms with Crippen LogP contribution in [0.25, 0.3) is 0 Å². The van der Waals surface area contributed by atoms with Crippen LogP contribution in [0, 0.1) is 0 Å². The summed E-state index contributed by atoms with van der Waals surface area (Å²) in [5, 5.41) is 3.48. The lowest BCUT2D eigenvalue weighted by atomic mass is 10.1. The van der Waals surface area contributed by atoms with Crippen LogP contribution in [0.1, 0.15) is 12.0 Å². The molecule has 70 valence electrons. The van der Waals surface area contributed by atoms with Crippen LogP contribution in [0.3, 0.4) is 0 Å². The number of para-hydroxylation sites is 1. The van der Waals surface area contributed by atoms with E-state index < -0.39 is 0 Å². The van der Waals surface area contributed by atoms with Crippen molar-refractivity contribution in [2.45, 2.75) is 18.9 Å². The Labute approximate surface area is 86.6 Å². The number of hydrogen-bond acceptors (Lipinski definition) is 2. The van der Waals surface area contributed by atoms with Crippen molar-refractivity contribution < 1.29 is 0 Å². The van der Waals surface area contributed by atoms with E-state index in [2.05, 4.69) is 39.4 Å². The van der Waals surface area contributed by atoms with Crippen molar-refractivity contribution in [1.82, 2.24) is 0 Å². The molecule has 0 spiro atoms. The molecular weight excluding hydrogens is 228 g/mol. The van der Waals surface area contributed by atoms with Crippen molar-refractivity contribution in [3.05, 3.63) is 28.2 Å². The molecule has 0 radical (unpaired) electrons. The smallest absolute Gasteiger partial charge is 0.0520 e. The first-order valence-electron chi connectivity index (χ1n) is 4.55. The number of rotatable bonds is 2. The fourth-order valence-electron chi connectivity index (χ4n) is 1.80. The van der Waals surface area contributed by atoms with Gasteiger partial charge in [-0.3, -0.25) is 0 Å². The fraction of sp³-hybridized carbons (Fsp3) is 0.400. The van der Waals surface area contributed by atoms with Crippen LogP contribution in [0.15, 0.2) is 22.7 Å². The summed E-state index contributed by atoms with van der Waals surface area (Å²) in [6, 6.07) is 6.84. The van der Waals surface area contributed by atoms with Gasteiger partial charge in [0.25, 0.3) is 0 Å². The molecule has 1 atom stereocenters. The molecule has 2 rings (SSSR count). The third-order valence-corrected chi connectivity index (χ3v) is 3.09. The topological polar surface area (TPSA) is 38.0 Å². The largest absolute Gasteiger partial charge is 0.381 e. The summed E-state index contributed by atoms with van der Waals surface area (Å²) in [4.78, 5) is 0. The van der Waals surface area contributed by atoms with E-state index in [0.29, 0.717) is 6.04 Å². The number of halogens is 1. The number of hydrogen-bond donors (Lipinski definition) is 2. The number of nitrogens with two attached hydrogens (primary N) is 1. The van der Waals surface area contributed by atoms with Gasteiger partial charge in [0, 0.05) is 10.5 Å². The second-order valence-electron chi connectivity index (χ2n) is 3.40. The maximum atomic E-state index is 5.53. The Morgan fingerprint density at radius 1 is 1.54 bits per heavy atom. The van der Waals surface area contributed by atoms with Crippen molar-refractivity contribution in [2.24, 2.45) is 5.73 Å². The van der Waals surface area contributed by atoms with Gasteiger partial charge in [-0.1, -0.05) is 12.1 Å². The van der Waals surface area contributed by atoms with E-state index in [0.717, 1.165) is 23.9 Å². The van der Waals surface area contributed by atoms with Crippen molar-refractivity contribution in [2.75, 3.05) is 11.9 Å². The first-order valence-corrected chi connectivity index (χ1v) is 5.34. The average molecular weight is 241 g/mol. The number of nitrogens with one attached hydrogen (secondary N) is 1. The predicted molar refractivity (Wildman–Crippen MR) is 58.9 cm³/mol. The van der Waals surface area contributed by atoms with E-state index in [-0.39, 0.29) is 0 Å². The summed E-state index contributed by atoms with van der Waals surface area (Å²) in [6.45, 7) is 0.753. The zero-order valence-electron chi connectivity index (χ0n) is 7.39. The van der Waals surface area contributed by atoms with E-state index in [9.17, 15) is 0 Å². The summed E-state index contributed by atoms with van der Waals surface area (Å²) in [5.41, 5.74) is 8.18. The van der Waals surface area contributed by atoms with Gasteiger partial charge >= 0.3 is 0 Å². The maximum Gasteiger partial charge on any atom is 0.0520 e. The van der Waals surface area contributed by atoms with E-state index in [1.807, 2.05) is 0 Å². The number of anilines is 1. The van der Waals surface area contributed by atoms with Crippen molar-refractivity contribution in [3.8, 4) is 0 Å². The lowest BCUT2D eigenvalue weighted by Gasteiger charge is -2.09. The van der Waals surface area contributed by atoms with Crippen LogP contribution in [0.4, 0.5) is 5.69 Å². The van der Waals surface area contributed by atoms with Crippen LogP contribution < -0.4 is 11.1 Å². The summed E-state index contributed by atoms with van der Waals surface area (Å²) in [5.74, 6) is 0. The molecular formula is C10H13BrN2. The summed E-state index contributed by atoms with van der Waals surface area (Å²) in [6.07, 6.45) is 2.15. The number of benzene rings is 1. The molecule has 0 bridgehead atoms. The minimum atomic E-state index is 0.527.